The van der Waals surface area contributed by atoms with Crippen LogP contribution in [0, 0.1) is 17.7 Å². The average Bonchev–Trinajstić information content (AvgIpc) is 3.10. The maximum absolute atomic E-state index is 15.3. The molecule has 3 N–H and O–H groups in total. The molecule has 1 unspecified atom stereocenters. The highest BCUT2D eigenvalue weighted by Crippen LogP contribution is 2.47. The number of methoxy groups -OCH3 is 1. The lowest BCUT2D eigenvalue weighted by Crippen LogP contribution is -2.27. The minimum atomic E-state index is -0.536. The molecule has 0 bridgehead atoms. The van der Waals surface area contributed by atoms with Crippen LogP contribution in [0.5, 0.6) is 6.01 Å². The largest absolute Gasteiger partial charge is 0.467 e. The fourth-order valence-electron chi connectivity index (χ4n) is 4.88. The molecule has 9 nitrogen and oxygen atoms in total. The highest BCUT2D eigenvalue weighted by molar-refractivity contribution is 7.98. The number of anilines is 2. The molecule has 2 aliphatic heterocycles. The van der Waals surface area contributed by atoms with E-state index in [1.165, 1.54) is 13.2 Å². The van der Waals surface area contributed by atoms with Crippen LogP contribution in [0.25, 0.3) is 0 Å². The van der Waals surface area contributed by atoms with E-state index >= 15 is 4.39 Å². The summed E-state index contributed by atoms with van der Waals surface area (Å²) < 4.78 is 22.5. The van der Waals surface area contributed by atoms with Gasteiger partial charge in [0.2, 0.25) is 0 Å². The van der Waals surface area contributed by atoms with Crippen LogP contribution in [-0.4, -0.2) is 46.4 Å². The quantitative estimate of drug-likeness (QED) is 0.340. The minimum absolute atomic E-state index is 0.00804. The van der Waals surface area contributed by atoms with E-state index in [1.807, 2.05) is 0 Å². The maximum Gasteiger partial charge on any atom is 0.318 e. The Hall–Kier alpha value is -3.20. The second-order valence-electron chi connectivity index (χ2n) is 9.08. The summed E-state index contributed by atoms with van der Waals surface area (Å²) in [6.07, 6.45) is 1.17. The van der Waals surface area contributed by atoms with Gasteiger partial charge in [0.15, 0.2) is 11.5 Å². The number of halogens is 3. The summed E-state index contributed by atoms with van der Waals surface area (Å²) in [5.74, 6) is 6.08. The lowest BCUT2D eigenvalue weighted by atomic mass is 10.00. The predicted molar refractivity (Wildman–Crippen MR) is 151 cm³/mol. The highest BCUT2D eigenvalue weighted by atomic mass is 35.5. The van der Waals surface area contributed by atoms with Crippen molar-refractivity contribution in [1.82, 2.24) is 25.1 Å². The Labute approximate surface area is 239 Å². The highest BCUT2D eigenvalue weighted by Gasteiger charge is 2.33. The molecule has 13 heteroatoms. The van der Waals surface area contributed by atoms with Crippen LogP contribution < -0.4 is 20.7 Å². The number of ether oxygens (including phenoxy) is 1. The molecule has 0 saturated carbocycles. The number of thioether (sulfide) groups is 1. The van der Waals surface area contributed by atoms with Crippen molar-refractivity contribution in [3.8, 4) is 17.9 Å². The number of benzene rings is 1. The van der Waals surface area contributed by atoms with Crippen LogP contribution in [0.15, 0.2) is 6.07 Å². The summed E-state index contributed by atoms with van der Waals surface area (Å²) >= 11 is 14.8. The number of carbonyl (C=O) groups excluding carboxylic acids is 1. The molecule has 0 aliphatic carbocycles. The number of aryl methyl sites for hydroxylation is 1. The minimum Gasteiger partial charge on any atom is -0.467 e. The van der Waals surface area contributed by atoms with Gasteiger partial charge in [0.25, 0.3) is 5.91 Å². The first-order valence-electron chi connectivity index (χ1n) is 12.2. The number of nitrogen functional groups attached to an aromatic ring is 1. The first-order valence-corrected chi connectivity index (χ1v) is 14.1. The number of carbonyl (C=O) groups is 1. The summed E-state index contributed by atoms with van der Waals surface area (Å²) in [5, 5.41) is 7.28. The fourth-order valence-corrected chi connectivity index (χ4v) is 6.87. The molecule has 2 aliphatic rings. The molecule has 1 atom stereocenters. The van der Waals surface area contributed by atoms with Gasteiger partial charge in [0, 0.05) is 54.3 Å². The van der Waals surface area contributed by atoms with E-state index in [1.54, 1.807) is 30.4 Å². The third-order valence-electron chi connectivity index (χ3n) is 6.76. The molecule has 0 radical (unpaired) electrons. The Morgan fingerprint density at radius 3 is 2.82 bits per heavy atom. The van der Waals surface area contributed by atoms with Gasteiger partial charge in [0.1, 0.15) is 5.82 Å². The van der Waals surface area contributed by atoms with Crippen LogP contribution in [0.4, 0.5) is 15.9 Å². The molecule has 0 spiro atoms. The van der Waals surface area contributed by atoms with Gasteiger partial charge in [-0.1, -0.05) is 29.1 Å². The number of fused-ring (bicyclic) bond motifs is 2. The van der Waals surface area contributed by atoms with E-state index in [4.69, 9.17) is 38.7 Å². The van der Waals surface area contributed by atoms with Crippen molar-refractivity contribution in [3.05, 3.63) is 55.7 Å². The zero-order valence-electron chi connectivity index (χ0n) is 21.6. The maximum atomic E-state index is 15.3. The summed E-state index contributed by atoms with van der Waals surface area (Å²) in [6.45, 7) is 3.39. The van der Waals surface area contributed by atoms with Crippen LogP contribution >= 0.6 is 35.0 Å². The van der Waals surface area contributed by atoms with Gasteiger partial charge in [0.05, 0.1) is 40.8 Å². The Bertz CT molecular complexity index is 1540. The first-order chi connectivity index (χ1) is 18.8. The van der Waals surface area contributed by atoms with E-state index in [2.05, 4.69) is 32.1 Å². The third kappa shape index (κ3) is 4.97. The normalized spacial score (nSPS) is 16.5. The SMILES string of the molecule is CC#Cc1cc(N)c(F)c(C2Cc3nc(OC)nc(N4CCCn5nc(C(=O)NC)c(Cl)c5C4)c3CS2)c1Cl. The number of hydrogen-bond donors (Lipinski definition) is 2. The number of aromatic nitrogens is 4. The third-order valence-corrected chi connectivity index (χ3v) is 8.82. The molecule has 0 fully saturated rings. The predicted octanol–water partition coefficient (Wildman–Crippen LogP) is 4.38. The number of nitrogens with one attached hydrogen (secondary N) is 1. The number of nitrogens with zero attached hydrogens (tertiary/aromatic N) is 5. The molecule has 39 heavy (non-hydrogen) atoms. The molecule has 3 aromatic rings. The van der Waals surface area contributed by atoms with Gasteiger partial charge in [-0.2, -0.15) is 15.1 Å². The molecular weight excluding hydrogens is 564 g/mol. The Kier molecular flexibility index (Phi) is 7.80. The van der Waals surface area contributed by atoms with Crippen molar-refractivity contribution in [2.24, 2.45) is 0 Å². The molecule has 2 aromatic heterocycles. The fraction of sp³-hybridized carbons (Fsp3) is 0.385. The number of nitrogens with two attached hydrogens (primary N) is 1. The van der Waals surface area contributed by atoms with E-state index in [-0.39, 0.29) is 33.6 Å². The standard InChI is InChI=1S/C26H26Cl2FN7O2S/c1-4-6-13-9-15(30)22(29)19(20(13)27)18-10-16-14(12-39-18)24(33-26(32-16)38-3)35-7-5-8-36-17(11-35)21(28)23(34-36)25(37)31-2/h9,18H,5,7-8,10-12,30H2,1-3H3,(H,31,37). The summed E-state index contributed by atoms with van der Waals surface area (Å²) in [7, 11) is 3.05. The molecule has 204 valence electrons. The monoisotopic (exact) mass is 589 g/mol. The second kappa shape index (κ2) is 11.1. The first kappa shape index (κ1) is 27.4. The molecule has 4 heterocycles. The van der Waals surface area contributed by atoms with Crippen molar-refractivity contribution in [3.63, 3.8) is 0 Å². The Morgan fingerprint density at radius 2 is 2.10 bits per heavy atom. The van der Waals surface area contributed by atoms with E-state index in [0.29, 0.717) is 53.8 Å². The molecule has 1 aromatic carbocycles. The Balaban J connectivity index is 1.53. The van der Waals surface area contributed by atoms with Gasteiger partial charge in [-0.25, -0.2) is 4.39 Å². The smallest absolute Gasteiger partial charge is 0.318 e. The van der Waals surface area contributed by atoms with Gasteiger partial charge < -0.3 is 20.7 Å². The molecule has 1 amide bonds. The van der Waals surface area contributed by atoms with E-state index in [0.717, 1.165) is 23.4 Å². The van der Waals surface area contributed by atoms with Crippen molar-refractivity contribution in [2.75, 3.05) is 31.3 Å². The zero-order chi connectivity index (χ0) is 27.8. The van der Waals surface area contributed by atoms with Crippen molar-refractivity contribution >= 4 is 52.4 Å². The van der Waals surface area contributed by atoms with Gasteiger partial charge in [-0.3, -0.25) is 9.48 Å². The van der Waals surface area contributed by atoms with E-state index < -0.39 is 5.82 Å². The van der Waals surface area contributed by atoms with Crippen LogP contribution in [-0.2, 0) is 25.3 Å². The number of amides is 1. The van der Waals surface area contributed by atoms with Crippen molar-refractivity contribution in [1.29, 1.82) is 0 Å². The van der Waals surface area contributed by atoms with Crippen LogP contribution in [0.2, 0.25) is 10.0 Å². The molecule has 0 saturated heterocycles. The lowest BCUT2D eigenvalue weighted by Gasteiger charge is -2.30. The molecule has 5 rings (SSSR count). The average molecular weight is 591 g/mol. The van der Waals surface area contributed by atoms with Gasteiger partial charge in [-0.15, -0.1) is 17.7 Å². The van der Waals surface area contributed by atoms with Crippen LogP contribution in [0.3, 0.4) is 0 Å². The van der Waals surface area contributed by atoms with Crippen molar-refractivity contribution < 1.29 is 13.9 Å². The number of hydrogen-bond acceptors (Lipinski definition) is 8. The molecular formula is C26H26Cl2FN7O2S. The summed E-state index contributed by atoms with van der Waals surface area (Å²) in [5.41, 5.74) is 9.42. The van der Waals surface area contributed by atoms with E-state index in [9.17, 15) is 4.79 Å². The lowest BCUT2D eigenvalue weighted by molar-refractivity contribution is 0.0957. The van der Waals surface area contributed by atoms with Gasteiger partial charge in [-0.05, 0) is 19.4 Å². The van der Waals surface area contributed by atoms with Gasteiger partial charge >= 0.3 is 6.01 Å². The topological polar surface area (TPSA) is 111 Å². The van der Waals surface area contributed by atoms with Crippen molar-refractivity contribution in [2.45, 2.75) is 43.9 Å². The summed E-state index contributed by atoms with van der Waals surface area (Å²) in [6, 6.07) is 1.67. The summed E-state index contributed by atoms with van der Waals surface area (Å²) in [4.78, 5) is 23.7. The van der Waals surface area contributed by atoms with Crippen LogP contribution in [0.1, 0.15) is 57.2 Å². The number of rotatable bonds is 4. The zero-order valence-corrected chi connectivity index (χ0v) is 23.9. The Morgan fingerprint density at radius 1 is 1.31 bits per heavy atom. The second-order valence-corrected chi connectivity index (χ2v) is 11.0.